The molecule has 0 spiro atoms. The number of hydrogen-bond acceptors (Lipinski definition) is 4. The molecular weight excluding hydrogens is 379 g/mol. The van der Waals surface area contributed by atoms with Crippen LogP contribution in [0.5, 0.6) is 0 Å². The number of nitrogens with one attached hydrogen (secondary N) is 1. The molecule has 0 aliphatic carbocycles. The zero-order valence-electron chi connectivity index (χ0n) is 11.0. The van der Waals surface area contributed by atoms with Gasteiger partial charge < -0.3 is 0 Å². The van der Waals surface area contributed by atoms with Crippen LogP contribution < -0.4 is 5.43 Å². The highest BCUT2D eigenvalue weighted by Crippen LogP contribution is 2.34. The summed E-state index contributed by atoms with van der Waals surface area (Å²) in [7, 11) is 0. The molecule has 7 heteroatoms. The molecule has 1 aromatic carbocycles. The molecule has 0 saturated carbocycles. The van der Waals surface area contributed by atoms with E-state index < -0.39 is 0 Å². The van der Waals surface area contributed by atoms with Gasteiger partial charge in [0.25, 0.3) is 0 Å². The predicted molar refractivity (Wildman–Crippen MR) is 100 cm³/mol. The molecule has 3 aromatic rings. The van der Waals surface area contributed by atoms with Crippen molar-refractivity contribution < 1.29 is 0 Å². The first-order chi connectivity index (χ1) is 10.6. The average Bonchev–Trinajstić information content (AvgIpc) is 3.12. The van der Waals surface area contributed by atoms with Crippen molar-refractivity contribution in [3.63, 3.8) is 0 Å². The molecule has 22 heavy (non-hydrogen) atoms. The van der Waals surface area contributed by atoms with E-state index in [4.69, 9.17) is 34.8 Å². The van der Waals surface area contributed by atoms with Crippen LogP contribution in [-0.4, -0.2) is 6.21 Å². The molecule has 0 bridgehead atoms. The van der Waals surface area contributed by atoms with E-state index in [2.05, 4.69) is 28.0 Å². The predicted octanol–water partition coefficient (Wildman–Crippen LogP) is 6.88. The second-order valence-electron chi connectivity index (χ2n) is 4.29. The van der Waals surface area contributed by atoms with Gasteiger partial charge in [0.05, 0.1) is 21.9 Å². The van der Waals surface area contributed by atoms with Crippen molar-refractivity contribution in [1.29, 1.82) is 0 Å². The van der Waals surface area contributed by atoms with Gasteiger partial charge in [0.15, 0.2) is 0 Å². The number of rotatable bonds is 4. The van der Waals surface area contributed by atoms with Crippen LogP contribution in [0.3, 0.4) is 0 Å². The van der Waals surface area contributed by atoms with Gasteiger partial charge in [-0.25, -0.2) is 0 Å². The zero-order valence-corrected chi connectivity index (χ0v) is 14.9. The SMILES string of the molecule is Clc1cc(Cl)c(N/N=C/c2ccc(-c3cccs3)s2)c(Cl)c1. The normalized spacial score (nSPS) is 11.2. The number of thiophene rings is 2. The lowest BCUT2D eigenvalue weighted by atomic mass is 10.3. The highest BCUT2D eigenvalue weighted by molar-refractivity contribution is 7.22. The highest BCUT2D eigenvalue weighted by Gasteiger charge is 2.07. The summed E-state index contributed by atoms with van der Waals surface area (Å²) in [4.78, 5) is 3.51. The Morgan fingerprint density at radius 3 is 2.45 bits per heavy atom. The number of hydrazone groups is 1. The van der Waals surface area contributed by atoms with Crippen molar-refractivity contribution >= 4 is 69.4 Å². The zero-order chi connectivity index (χ0) is 15.5. The van der Waals surface area contributed by atoms with Gasteiger partial charge in [0.2, 0.25) is 0 Å². The molecule has 0 aliphatic heterocycles. The van der Waals surface area contributed by atoms with E-state index in [0.717, 1.165) is 4.88 Å². The number of halogens is 3. The fourth-order valence-corrected chi connectivity index (χ4v) is 4.40. The maximum atomic E-state index is 6.09. The summed E-state index contributed by atoms with van der Waals surface area (Å²) in [5, 5.41) is 7.60. The van der Waals surface area contributed by atoms with Crippen LogP contribution in [0, 0.1) is 0 Å². The second-order valence-corrected chi connectivity index (χ2v) is 7.61. The van der Waals surface area contributed by atoms with Crippen molar-refractivity contribution in [3.05, 3.63) is 61.7 Å². The Kier molecular flexibility index (Phi) is 5.06. The smallest absolute Gasteiger partial charge is 0.0935 e. The standard InChI is InChI=1S/C15H9Cl3N2S2/c16-9-6-11(17)15(12(18)7-9)20-19-8-10-3-4-14(22-10)13-2-1-5-21-13/h1-8,20H/b19-8+. The average molecular weight is 388 g/mol. The Hall–Kier alpha value is -1.04. The van der Waals surface area contributed by atoms with Gasteiger partial charge in [-0.1, -0.05) is 40.9 Å². The minimum absolute atomic E-state index is 0.431. The molecule has 0 radical (unpaired) electrons. The van der Waals surface area contributed by atoms with E-state index in [1.165, 1.54) is 9.75 Å². The van der Waals surface area contributed by atoms with Gasteiger partial charge in [-0.05, 0) is 35.7 Å². The van der Waals surface area contributed by atoms with Gasteiger partial charge in [0, 0.05) is 19.7 Å². The molecule has 3 rings (SSSR count). The van der Waals surface area contributed by atoms with Crippen molar-refractivity contribution in [2.75, 3.05) is 5.43 Å². The molecule has 0 amide bonds. The topological polar surface area (TPSA) is 24.4 Å². The Bertz CT molecular complexity index is 787. The van der Waals surface area contributed by atoms with Gasteiger partial charge in [-0.3, -0.25) is 5.43 Å². The summed E-state index contributed by atoms with van der Waals surface area (Å²) in [6.45, 7) is 0. The van der Waals surface area contributed by atoms with Crippen LogP contribution in [0.15, 0.2) is 46.9 Å². The van der Waals surface area contributed by atoms with Crippen LogP contribution in [0.25, 0.3) is 9.75 Å². The maximum Gasteiger partial charge on any atom is 0.0935 e. The lowest BCUT2D eigenvalue weighted by Gasteiger charge is -2.06. The van der Waals surface area contributed by atoms with E-state index in [9.17, 15) is 0 Å². The van der Waals surface area contributed by atoms with E-state index in [0.29, 0.717) is 20.8 Å². The lowest BCUT2D eigenvalue weighted by Crippen LogP contribution is -1.91. The minimum Gasteiger partial charge on any atom is -0.275 e. The van der Waals surface area contributed by atoms with Crippen molar-refractivity contribution in [3.8, 4) is 9.75 Å². The monoisotopic (exact) mass is 386 g/mol. The quantitative estimate of drug-likeness (QED) is 0.383. The largest absolute Gasteiger partial charge is 0.275 e. The molecule has 2 heterocycles. The molecule has 2 nitrogen and oxygen atoms in total. The first-order valence-corrected chi connectivity index (χ1v) is 9.04. The van der Waals surface area contributed by atoms with Crippen LogP contribution >= 0.6 is 57.5 Å². The number of nitrogens with zero attached hydrogens (tertiary/aromatic N) is 1. The molecular formula is C15H9Cl3N2S2. The Balaban J connectivity index is 1.73. The fraction of sp³-hybridized carbons (Fsp3) is 0. The lowest BCUT2D eigenvalue weighted by molar-refractivity contribution is 1.35. The van der Waals surface area contributed by atoms with Crippen LogP contribution in [0.4, 0.5) is 5.69 Å². The molecule has 1 N–H and O–H groups in total. The molecule has 0 atom stereocenters. The van der Waals surface area contributed by atoms with E-state index >= 15 is 0 Å². The Labute approximate surface area is 151 Å². The van der Waals surface area contributed by atoms with Crippen LogP contribution in [0.2, 0.25) is 15.1 Å². The van der Waals surface area contributed by atoms with Crippen LogP contribution in [-0.2, 0) is 0 Å². The first kappa shape index (κ1) is 15.8. The van der Waals surface area contributed by atoms with Crippen molar-refractivity contribution in [2.45, 2.75) is 0 Å². The van der Waals surface area contributed by atoms with E-state index in [1.807, 2.05) is 12.1 Å². The summed E-state index contributed by atoms with van der Waals surface area (Å²) in [5.74, 6) is 0. The molecule has 2 aromatic heterocycles. The third-order valence-electron chi connectivity index (χ3n) is 2.77. The molecule has 0 saturated heterocycles. The van der Waals surface area contributed by atoms with Gasteiger partial charge in [-0.15, -0.1) is 22.7 Å². The number of anilines is 1. The highest BCUT2D eigenvalue weighted by atomic mass is 35.5. The molecule has 0 fully saturated rings. The first-order valence-electron chi connectivity index (χ1n) is 6.21. The fourth-order valence-electron chi connectivity index (χ4n) is 1.78. The summed E-state index contributed by atoms with van der Waals surface area (Å²) in [5.41, 5.74) is 3.40. The van der Waals surface area contributed by atoms with E-state index in [-0.39, 0.29) is 0 Å². The molecule has 0 unspecified atom stereocenters. The second kappa shape index (κ2) is 7.02. The van der Waals surface area contributed by atoms with Crippen LogP contribution in [0.1, 0.15) is 4.88 Å². The minimum atomic E-state index is 0.431. The molecule has 0 aliphatic rings. The number of benzene rings is 1. The summed E-state index contributed by atoms with van der Waals surface area (Å²) in [6, 6.07) is 11.5. The van der Waals surface area contributed by atoms with Gasteiger partial charge in [0.1, 0.15) is 0 Å². The Morgan fingerprint density at radius 1 is 1.00 bits per heavy atom. The third-order valence-corrected chi connectivity index (χ3v) is 5.67. The van der Waals surface area contributed by atoms with E-state index in [1.54, 1.807) is 41.0 Å². The third kappa shape index (κ3) is 3.65. The Morgan fingerprint density at radius 2 is 1.77 bits per heavy atom. The molecule has 112 valence electrons. The van der Waals surface area contributed by atoms with Gasteiger partial charge in [-0.2, -0.15) is 5.10 Å². The van der Waals surface area contributed by atoms with Gasteiger partial charge >= 0.3 is 0 Å². The summed E-state index contributed by atoms with van der Waals surface area (Å²) >= 11 is 21.4. The summed E-state index contributed by atoms with van der Waals surface area (Å²) < 4.78 is 0. The van der Waals surface area contributed by atoms with Crippen molar-refractivity contribution in [2.24, 2.45) is 5.10 Å². The number of hydrogen-bond donors (Lipinski definition) is 1. The van der Waals surface area contributed by atoms with Crippen molar-refractivity contribution in [1.82, 2.24) is 0 Å². The summed E-state index contributed by atoms with van der Waals surface area (Å²) in [6.07, 6.45) is 1.74. The maximum absolute atomic E-state index is 6.09.